The van der Waals surface area contributed by atoms with Crippen LogP contribution in [0, 0.1) is 13.8 Å². The third-order valence-corrected chi connectivity index (χ3v) is 5.92. The highest BCUT2D eigenvalue weighted by atomic mass is 16.2. The van der Waals surface area contributed by atoms with Gasteiger partial charge in [-0.1, -0.05) is 11.6 Å². The average Bonchev–Trinajstić information content (AvgIpc) is 2.88. The Bertz CT molecular complexity index is 1180. The maximum atomic E-state index is 13.0. The number of carbonyl (C=O) groups is 1. The molecule has 1 unspecified atom stereocenters. The van der Waals surface area contributed by atoms with Gasteiger partial charge < -0.3 is 10.2 Å². The number of likely N-dealkylation sites (N-methyl/N-ethyl adjacent to an activating group) is 1. The molecule has 1 aromatic carbocycles. The van der Waals surface area contributed by atoms with E-state index >= 15 is 0 Å². The SMILES string of the molecule is Cc1ccc2nc(C)c(C(=O)NC3CCc4nn(CCN(C)C)c(=O)n4CC3)cc2c1. The van der Waals surface area contributed by atoms with E-state index in [1.807, 2.05) is 57.1 Å². The van der Waals surface area contributed by atoms with Crippen LogP contribution >= 0.6 is 0 Å². The summed E-state index contributed by atoms with van der Waals surface area (Å²) in [5.41, 5.74) is 3.29. The lowest BCUT2D eigenvalue weighted by Crippen LogP contribution is -2.36. The van der Waals surface area contributed by atoms with Gasteiger partial charge >= 0.3 is 5.69 Å². The molecular weight excluding hydrogens is 392 g/mol. The minimum atomic E-state index is -0.110. The van der Waals surface area contributed by atoms with E-state index in [-0.39, 0.29) is 17.6 Å². The molecule has 0 bridgehead atoms. The summed E-state index contributed by atoms with van der Waals surface area (Å²) < 4.78 is 3.31. The fraction of sp³-hybridized carbons (Fsp3) is 0.478. The van der Waals surface area contributed by atoms with Crippen molar-refractivity contribution in [1.82, 2.24) is 29.5 Å². The van der Waals surface area contributed by atoms with E-state index in [1.54, 1.807) is 9.25 Å². The Morgan fingerprint density at radius 2 is 2.03 bits per heavy atom. The molecule has 1 aliphatic rings. The van der Waals surface area contributed by atoms with Crippen molar-refractivity contribution in [2.75, 3.05) is 20.6 Å². The number of hydrogen-bond acceptors (Lipinski definition) is 5. The quantitative estimate of drug-likeness (QED) is 0.679. The zero-order valence-corrected chi connectivity index (χ0v) is 18.7. The fourth-order valence-corrected chi connectivity index (χ4v) is 4.10. The van der Waals surface area contributed by atoms with Crippen molar-refractivity contribution < 1.29 is 4.79 Å². The van der Waals surface area contributed by atoms with Crippen molar-refractivity contribution >= 4 is 16.8 Å². The molecule has 31 heavy (non-hydrogen) atoms. The lowest BCUT2D eigenvalue weighted by Gasteiger charge is -2.17. The van der Waals surface area contributed by atoms with E-state index in [2.05, 4.69) is 15.4 Å². The summed E-state index contributed by atoms with van der Waals surface area (Å²) in [6, 6.07) is 7.97. The molecule has 1 N–H and O–H groups in total. The summed E-state index contributed by atoms with van der Waals surface area (Å²) in [4.78, 5) is 32.3. The van der Waals surface area contributed by atoms with E-state index in [0.717, 1.165) is 41.0 Å². The smallest absolute Gasteiger partial charge is 0.345 e. The molecule has 4 rings (SSSR count). The number of nitrogens with one attached hydrogen (secondary N) is 1. The molecule has 1 atom stereocenters. The lowest BCUT2D eigenvalue weighted by atomic mass is 10.1. The molecule has 0 radical (unpaired) electrons. The van der Waals surface area contributed by atoms with Gasteiger partial charge in [0.15, 0.2) is 0 Å². The minimum absolute atomic E-state index is 0.00330. The van der Waals surface area contributed by atoms with Gasteiger partial charge in [0.25, 0.3) is 5.91 Å². The Hall–Kier alpha value is -3.00. The first-order valence-electron chi connectivity index (χ1n) is 10.8. The number of carbonyl (C=O) groups excluding carboxylic acids is 1. The Labute approximate surface area is 181 Å². The molecule has 8 heteroatoms. The summed E-state index contributed by atoms with van der Waals surface area (Å²) in [5.74, 6) is 0.695. The van der Waals surface area contributed by atoms with Gasteiger partial charge in [-0.3, -0.25) is 14.3 Å². The molecule has 0 spiro atoms. The maximum absolute atomic E-state index is 13.0. The third kappa shape index (κ3) is 4.54. The Morgan fingerprint density at radius 1 is 1.23 bits per heavy atom. The second kappa shape index (κ2) is 8.63. The van der Waals surface area contributed by atoms with Crippen LogP contribution < -0.4 is 11.0 Å². The topological polar surface area (TPSA) is 85.1 Å². The van der Waals surface area contributed by atoms with Crippen LogP contribution in [0.5, 0.6) is 0 Å². The van der Waals surface area contributed by atoms with E-state index < -0.39 is 0 Å². The van der Waals surface area contributed by atoms with Crippen LogP contribution in [0.25, 0.3) is 10.9 Å². The second-order valence-electron chi connectivity index (χ2n) is 8.69. The number of rotatable bonds is 5. The highest BCUT2D eigenvalue weighted by molar-refractivity contribution is 5.98. The number of aromatic nitrogens is 4. The molecule has 8 nitrogen and oxygen atoms in total. The molecule has 164 valence electrons. The number of nitrogens with zero attached hydrogens (tertiary/aromatic N) is 5. The zero-order valence-electron chi connectivity index (χ0n) is 18.7. The van der Waals surface area contributed by atoms with Crippen molar-refractivity contribution in [3.8, 4) is 0 Å². The number of benzene rings is 1. The first-order valence-corrected chi connectivity index (χ1v) is 10.8. The highest BCUT2D eigenvalue weighted by Gasteiger charge is 2.23. The van der Waals surface area contributed by atoms with Crippen molar-refractivity contribution in [1.29, 1.82) is 0 Å². The van der Waals surface area contributed by atoms with Crippen LogP contribution in [0.4, 0.5) is 0 Å². The molecule has 0 aliphatic carbocycles. The first kappa shape index (κ1) is 21.2. The average molecular weight is 423 g/mol. The molecule has 3 heterocycles. The molecular formula is C23H30N6O2. The zero-order chi connectivity index (χ0) is 22.1. The predicted molar refractivity (Wildman–Crippen MR) is 120 cm³/mol. The normalized spacial score (nSPS) is 16.4. The maximum Gasteiger partial charge on any atom is 0.345 e. The van der Waals surface area contributed by atoms with Crippen LogP contribution in [0.2, 0.25) is 0 Å². The number of hydrogen-bond donors (Lipinski definition) is 1. The van der Waals surface area contributed by atoms with Crippen LogP contribution in [0.1, 0.15) is 40.3 Å². The molecule has 0 saturated carbocycles. The van der Waals surface area contributed by atoms with Gasteiger partial charge in [0.2, 0.25) is 0 Å². The Kier molecular flexibility index (Phi) is 5.91. The summed E-state index contributed by atoms with van der Waals surface area (Å²) in [5, 5.41) is 8.65. The van der Waals surface area contributed by atoms with E-state index in [0.29, 0.717) is 31.5 Å². The van der Waals surface area contributed by atoms with Crippen molar-refractivity contribution in [2.45, 2.75) is 52.2 Å². The van der Waals surface area contributed by atoms with Gasteiger partial charge in [0.1, 0.15) is 5.82 Å². The van der Waals surface area contributed by atoms with Gasteiger partial charge in [-0.25, -0.2) is 9.48 Å². The Balaban J connectivity index is 1.46. The van der Waals surface area contributed by atoms with E-state index in [4.69, 9.17) is 0 Å². The molecule has 2 aromatic heterocycles. The largest absolute Gasteiger partial charge is 0.349 e. The van der Waals surface area contributed by atoms with Gasteiger partial charge in [-0.05, 0) is 59.0 Å². The van der Waals surface area contributed by atoms with Crippen LogP contribution in [-0.4, -0.2) is 56.8 Å². The molecule has 0 fully saturated rings. The van der Waals surface area contributed by atoms with Crippen LogP contribution in [0.3, 0.4) is 0 Å². The van der Waals surface area contributed by atoms with Crippen LogP contribution in [-0.2, 0) is 19.5 Å². The molecule has 1 aliphatic heterocycles. The summed E-state index contributed by atoms with van der Waals surface area (Å²) in [6.45, 7) is 5.82. The third-order valence-electron chi connectivity index (χ3n) is 5.92. The van der Waals surface area contributed by atoms with Gasteiger partial charge in [0.05, 0.1) is 23.3 Å². The van der Waals surface area contributed by atoms with Crippen molar-refractivity contribution in [3.63, 3.8) is 0 Å². The number of pyridine rings is 1. The molecule has 3 aromatic rings. The van der Waals surface area contributed by atoms with Gasteiger partial charge in [-0.2, -0.15) is 5.10 Å². The first-order chi connectivity index (χ1) is 14.8. The Morgan fingerprint density at radius 3 is 2.81 bits per heavy atom. The summed E-state index contributed by atoms with van der Waals surface area (Å²) in [7, 11) is 3.96. The standard InChI is InChI=1S/C23H30N6O2/c1-15-5-7-20-17(13-15)14-19(16(2)24-20)22(30)25-18-6-8-21-26-29(12-11-27(3)4)23(31)28(21)10-9-18/h5,7,13-14,18H,6,8-12H2,1-4H3,(H,25,30). The van der Waals surface area contributed by atoms with Gasteiger partial charge in [-0.15, -0.1) is 0 Å². The summed E-state index contributed by atoms with van der Waals surface area (Å²) in [6.07, 6.45) is 2.13. The minimum Gasteiger partial charge on any atom is -0.349 e. The predicted octanol–water partition coefficient (Wildman–Crippen LogP) is 1.91. The fourth-order valence-electron chi connectivity index (χ4n) is 4.10. The van der Waals surface area contributed by atoms with E-state index in [1.165, 1.54) is 0 Å². The monoisotopic (exact) mass is 422 g/mol. The van der Waals surface area contributed by atoms with E-state index in [9.17, 15) is 9.59 Å². The summed E-state index contributed by atoms with van der Waals surface area (Å²) >= 11 is 0. The highest BCUT2D eigenvalue weighted by Crippen LogP contribution is 2.19. The number of amides is 1. The molecule has 1 amide bonds. The van der Waals surface area contributed by atoms with Crippen LogP contribution in [0.15, 0.2) is 29.1 Å². The number of fused-ring (bicyclic) bond motifs is 2. The molecule has 0 saturated heterocycles. The van der Waals surface area contributed by atoms with Gasteiger partial charge in [0, 0.05) is 30.9 Å². The number of aryl methyl sites for hydroxylation is 3. The van der Waals surface area contributed by atoms with Crippen molar-refractivity contribution in [3.05, 3.63) is 57.4 Å². The second-order valence-corrected chi connectivity index (χ2v) is 8.69. The van der Waals surface area contributed by atoms with Crippen molar-refractivity contribution in [2.24, 2.45) is 0 Å². The lowest BCUT2D eigenvalue weighted by molar-refractivity contribution is 0.0932.